The Kier molecular flexibility index (Phi) is 3.36. The zero-order valence-electron chi connectivity index (χ0n) is 8.50. The molecule has 0 spiro atoms. The van der Waals surface area contributed by atoms with Gasteiger partial charge in [0.2, 0.25) is 5.13 Å². The van der Waals surface area contributed by atoms with Gasteiger partial charge >= 0.3 is 0 Å². The maximum absolute atomic E-state index is 12.9. The van der Waals surface area contributed by atoms with Crippen LogP contribution in [-0.4, -0.2) is 9.36 Å². The van der Waals surface area contributed by atoms with Crippen molar-refractivity contribution in [2.45, 2.75) is 13.5 Å². The number of nitrogens with zero attached hydrogens (tertiary/aromatic N) is 2. The van der Waals surface area contributed by atoms with Crippen molar-refractivity contribution >= 4 is 28.3 Å². The lowest BCUT2D eigenvalue weighted by atomic mass is 10.2. The molecule has 0 aliphatic heterocycles. The molecule has 3 nitrogen and oxygen atoms in total. The molecule has 1 N–H and O–H groups in total. The number of halogens is 2. The SMILES string of the molecule is Cc1nsc(NCc2ccc(F)c(Cl)c2)n1. The molecule has 0 atom stereocenters. The van der Waals surface area contributed by atoms with Crippen LogP contribution < -0.4 is 5.32 Å². The third kappa shape index (κ3) is 2.68. The second-order valence-corrected chi connectivity index (χ2v) is 4.41. The van der Waals surface area contributed by atoms with Crippen LogP contribution in [0.2, 0.25) is 5.02 Å². The highest BCUT2D eigenvalue weighted by atomic mass is 35.5. The number of hydrogen-bond acceptors (Lipinski definition) is 4. The van der Waals surface area contributed by atoms with E-state index < -0.39 is 5.82 Å². The minimum atomic E-state index is -0.405. The van der Waals surface area contributed by atoms with Gasteiger partial charge in [-0.15, -0.1) is 0 Å². The van der Waals surface area contributed by atoms with Crippen LogP contribution in [0.15, 0.2) is 18.2 Å². The summed E-state index contributed by atoms with van der Waals surface area (Å²) >= 11 is 6.97. The van der Waals surface area contributed by atoms with Gasteiger partial charge in [0.05, 0.1) is 5.02 Å². The quantitative estimate of drug-likeness (QED) is 0.917. The summed E-state index contributed by atoms with van der Waals surface area (Å²) in [6.45, 7) is 2.38. The zero-order valence-corrected chi connectivity index (χ0v) is 10.1. The van der Waals surface area contributed by atoms with Crippen LogP contribution >= 0.6 is 23.1 Å². The molecular formula is C10H9ClFN3S. The largest absolute Gasteiger partial charge is 0.356 e. The highest BCUT2D eigenvalue weighted by Gasteiger charge is 2.02. The van der Waals surface area contributed by atoms with E-state index in [1.807, 2.05) is 6.92 Å². The van der Waals surface area contributed by atoms with Gasteiger partial charge in [0, 0.05) is 18.1 Å². The Morgan fingerprint density at radius 3 is 2.94 bits per heavy atom. The number of hydrogen-bond donors (Lipinski definition) is 1. The van der Waals surface area contributed by atoms with Crippen LogP contribution in [0.25, 0.3) is 0 Å². The van der Waals surface area contributed by atoms with Gasteiger partial charge < -0.3 is 5.32 Å². The van der Waals surface area contributed by atoms with Crippen LogP contribution in [0, 0.1) is 12.7 Å². The fraction of sp³-hybridized carbons (Fsp3) is 0.200. The van der Waals surface area contributed by atoms with E-state index in [2.05, 4.69) is 14.7 Å². The molecule has 1 heterocycles. The number of nitrogens with one attached hydrogen (secondary N) is 1. The monoisotopic (exact) mass is 257 g/mol. The molecule has 0 fully saturated rings. The fourth-order valence-electron chi connectivity index (χ4n) is 1.20. The molecule has 84 valence electrons. The lowest BCUT2D eigenvalue weighted by Gasteiger charge is -2.03. The lowest BCUT2D eigenvalue weighted by molar-refractivity contribution is 0.627. The van der Waals surface area contributed by atoms with Crippen molar-refractivity contribution in [3.63, 3.8) is 0 Å². The topological polar surface area (TPSA) is 37.8 Å². The predicted molar refractivity (Wildman–Crippen MR) is 63.4 cm³/mol. The minimum Gasteiger partial charge on any atom is -0.356 e. The summed E-state index contributed by atoms with van der Waals surface area (Å²) in [5.41, 5.74) is 0.902. The summed E-state index contributed by atoms with van der Waals surface area (Å²) in [4.78, 5) is 4.15. The van der Waals surface area contributed by atoms with E-state index in [-0.39, 0.29) is 5.02 Å². The number of anilines is 1. The van der Waals surface area contributed by atoms with Crippen molar-refractivity contribution < 1.29 is 4.39 Å². The Morgan fingerprint density at radius 1 is 1.50 bits per heavy atom. The minimum absolute atomic E-state index is 0.132. The van der Waals surface area contributed by atoms with Crippen molar-refractivity contribution in [2.75, 3.05) is 5.32 Å². The first-order valence-corrected chi connectivity index (χ1v) is 5.78. The molecule has 0 aliphatic carbocycles. The Labute approximate surface area is 101 Å². The summed E-state index contributed by atoms with van der Waals surface area (Å²) in [7, 11) is 0. The van der Waals surface area contributed by atoms with E-state index in [0.29, 0.717) is 6.54 Å². The average Bonchev–Trinajstić information content (AvgIpc) is 2.66. The van der Waals surface area contributed by atoms with Crippen molar-refractivity contribution in [1.29, 1.82) is 0 Å². The third-order valence-corrected chi connectivity index (χ3v) is 3.01. The van der Waals surface area contributed by atoms with E-state index in [1.165, 1.54) is 17.6 Å². The Hall–Kier alpha value is -1.20. The molecule has 0 bridgehead atoms. The zero-order chi connectivity index (χ0) is 11.5. The van der Waals surface area contributed by atoms with Crippen LogP contribution in [0.5, 0.6) is 0 Å². The van der Waals surface area contributed by atoms with Gasteiger partial charge in [-0.2, -0.15) is 4.37 Å². The molecule has 0 unspecified atom stereocenters. The van der Waals surface area contributed by atoms with Gasteiger partial charge in [0.1, 0.15) is 11.6 Å². The smallest absolute Gasteiger partial charge is 0.202 e. The molecule has 1 aromatic carbocycles. The summed E-state index contributed by atoms with van der Waals surface area (Å²) in [5.74, 6) is 0.335. The van der Waals surface area contributed by atoms with Crippen LogP contribution in [0.1, 0.15) is 11.4 Å². The van der Waals surface area contributed by atoms with Crippen molar-refractivity contribution in [3.05, 3.63) is 40.4 Å². The van der Waals surface area contributed by atoms with E-state index in [0.717, 1.165) is 16.5 Å². The molecule has 2 aromatic rings. The van der Waals surface area contributed by atoms with E-state index in [1.54, 1.807) is 12.1 Å². The summed E-state index contributed by atoms with van der Waals surface area (Å²) in [6, 6.07) is 4.63. The molecule has 6 heteroatoms. The molecule has 0 saturated carbocycles. The maximum Gasteiger partial charge on any atom is 0.202 e. The average molecular weight is 258 g/mol. The number of aryl methyl sites for hydroxylation is 1. The Balaban J connectivity index is 2.02. The summed E-state index contributed by atoms with van der Waals surface area (Å²) in [6.07, 6.45) is 0. The molecule has 2 rings (SSSR count). The second-order valence-electron chi connectivity index (χ2n) is 3.25. The van der Waals surface area contributed by atoms with E-state index >= 15 is 0 Å². The molecule has 0 aliphatic rings. The normalized spacial score (nSPS) is 10.4. The lowest BCUT2D eigenvalue weighted by Crippen LogP contribution is -1.99. The predicted octanol–water partition coefficient (Wildman–Crippen LogP) is 3.25. The third-order valence-electron chi connectivity index (χ3n) is 1.96. The summed E-state index contributed by atoms with van der Waals surface area (Å²) in [5, 5.41) is 3.97. The van der Waals surface area contributed by atoms with Gasteiger partial charge in [-0.05, 0) is 24.6 Å². The van der Waals surface area contributed by atoms with Crippen molar-refractivity contribution in [2.24, 2.45) is 0 Å². The van der Waals surface area contributed by atoms with Gasteiger partial charge in [-0.3, -0.25) is 0 Å². The van der Waals surface area contributed by atoms with Gasteiger partial charge in [-0.25, -0.2) is 9.37 Å². The first-order chi connectivity index (χ1) is 7.65. The first kappa shape index (κ1) is 11.3. The highest BCUT2D eigenvalue weighted by Crippen LogP contribution is 2.17. The Bertz CT molecular complexity index is 501. The maximum atomic E-state index is 12.9. The fourth-order valence-corrected chi connectivity index (χ4v) is 1.97. The number of benzene rings is 1. The Morgan fingerprint density at radius 2 is 2.31 bits per heavy atom. The molecule has 1 aromatic heterocycles. The second kappa shape index (κ2) is 4.76. The molecule has 16 heavy (non-hydrogen) atoms. The van der Waals surface area contributed by atoms with Gasteiger partial charge in [0.15, 0.2) is 0 Å². The van der Waals surface area contributed by atoms with Crippen LogP contribution in [0.3, 0.4) is 0 Å². The number of aromatic nitrogens is 2. The molecule has 0 amide bonds. The number of rotatable bonds is 3. The molecular weight excluding hydrogens is 249 g/mol. The highest BCUT2D eigenvalue weighted by molar-refractivity contribution is 7.09. The van der Waals surface area contributed by atoms with Gasteiger partial charge in [0.25, 0.3) is 0 Å². The van der Waals surface area contributed by atoms with Crippen molar-refractivity contribution in [1.82, 2.24) is 9.36 Å². The molecule has 0 saturated heterocycles. The van der Waals surface area contributed by atoms with Crippen LogP contribution in [0.4, 0.5) is 9.52 Å². The summed E-state index contributed by atoms with van der Waals surface area (Å²) < 4.78 is 16.9. The van der Waals surface area contributed by atoms with E-state index in [9.17, 15) is 4.39 Å². The standard InChI is InChI=1S/C10H9ClFN3S/c1-6-14-10(16-15-6)13-5-7-2-3-9(12)8(11)4-7/h2-4H,5H2,1H3,(H,13,14,15). The first-order valence-electron chi connectivity index (χ1n) is 4.63. The molecule has 0 radical (unpaired) electrons. The van der Waals surface area contributed by atoms with Crippen molar-refractivity contribution in [3.8, 4) is 0 Å². The van der Waals surface area contributed by atoms with Gasteiger partial charge in [-0.1, -0.05) is 17.7 Å². The van der Waals surface area contributed by atoms with Crippen LogP contribution in [-0.2, 0) is 6.54 Å². The van der Waals surface area contributed by atoms with E-state index in [4.69, 9.17) is 11.6 Å².